The van der Waals surface area contributed by atoms with Gasteiger partial charge in [0.25, 0.3) is 0 Å². The quantitative estimate of drug-likeness (QED) is 0.862. The molecule has 2 aromatic rings. The minimum absolute atomic E-state index is 0.0227. The molecule has 2 rings (SSSR count). The molecule has 0 saturated carbocycles. The Bertz CT molecular complexity index is 583. The fraction of sp³-hybridized carbons (Fsp3) is 0.357. The molecule has 6 heteroatoms. The highest BCUT2D eigenvalue weighted by atomic mass is 35.5. The number of thioether (sulfide) groups is 1. The summed E-state index contributed by atoms with van der Waals surface area (Å²) in [5.41, 5.74) is 8.06. The van der Waals surface area contributed by atoms with E-state index in [0.717, 1.165) is 21.9 Å². The van der Waals surface area contributed by atoms with Crippen LogP contribution in [0.1, 0.15) is 11.3 Å². The first kappa shape index (κ1) is 15.4. The van der Waals surface area contributed by atoms with Crippen LogP contribution < -0.4 is 5.73 Å². The van der Waals surface area contributed by atoms with E-state index in [-0.39, 0.29) is 11.9 Å². The van der Waals surface area contributed by atoms with Crippen molar-refractivity contribution in [2.75, 3.05) is 5.75 Å². The molecule has 3 nitrogen and oxygen atoms in total. The number of rotatable bonds is 5. The Hall–Kier alpha value is -1.04. The molecule has 1 aromatic carbocycles. The lowest BCUT2D eigenvalue weighted by atomic mass is 10.1. The van der Waals surface area contributed by atoms with Crippen LogP contribution >= 0.6 is 23.4 Å². The van der Waals surface area contributed by atoms with Crippen LogP contribution in [0.5, 0.6) is 0 Å². The minimum atomic E-state index is -0.226. The van der Waals surface area contributed by atoms with Crippen molar-refractivity contribution in [2.45, 2.75) is 24.3 Å². The first-order chi connectivity index (χ1) is 9.47. The van der Waals surface area contributed by atoms with E-state index in [1.807, 2.05) is 14.0 Å². The van der Waals surface area contributed by atoms with Gasteiger partial charge in [0, 0.05) is 29.3 Å². The van der Waals surface area contributed by atoms with E-state index in [4.69, 9.17) is 17.3 Å². The van der Waals surface area contributed by atoms with Crippen molar-refractivity contribution < 1.29 is 4.39 Å². The molecule has 20 heavy (non-hydrogen) atoms. The molecule has 0 aliphatic heterocycles. The number of aromatic nitrogens is 2. The Balaban J connectivity index is 1.92. The number of benzene rings is 1. The summed E-state index contributed by atoms with van der Waals surface area (Å²) in [6.45, 7) is 1.93. The van der Waals surface area contributed by atoms with E-state index >= 15 is 0 Å². The highest BCUT2D eigenvalue weighted by molar-refractivity contribution is 7.99. The van der Waals surface area contributed by atoms with Crippen LogP contribution in [0.2, 0.25) is 5.15 Å². The molecule has 1 atom stereocenters. The molecule has 108 valence electrons. The predicted molar refractivity (Wildman–Crippen MR) is 81.8 cm³/mol. The van der Waals surface area contributed by atoms with Crippen molar-refractivity contribution in [1.82, 2.24) is 9.78 Å². The number of nitrogens with two attached hydrogens (primary N) is 1. The van der Waals surface area contributed by atoms with Gasteiger partial charge < -0.3 is 5.73 Å². The highest BCUT2D eigenvalue weighted by Crippen LogP contribution is 2.23. The maximum absolute atomic E-state index is 12.8. The van der Waals surface area contributed by atoms with Crippen LogP contribution in [0.15, 0.2) is 29.2 Å². The summed E-state index contributed by atoms with van der Waals surface area (Å²) in [6.07, 6.45) is 0.687. The largest absolute Gasteiger partial charge is 0.327 e. The summed E-state index contributed by atoms with van der Waals surface area (Å²) in [6, 6.07) is 6.40. The van der Waals surface area contributed by atoms with Crippen LogP contribution in [0.25, 0.3) is 0 Å². The highest BCUT2D eigenvalue weighted by Gasteiger charge is 2.14. The van der Waals surface area contributed by atoms with Gasteiger partial charge in [-0.2, -0.15) is 5.10 Å². The lowest BCUT2D eigenvalue weighted by Gasteiger charge is -2.11. The van der Waals surface area contributed by atoms with Gasteiger partial charge in [-0.05, 0) is 37.6 Å². The summed E-state index contributed by atoms with van der Waals surface area (Å²) in [5.74, 6) is 0.521. The second-order valence-electron chi connectivity index (χ2n) is 4.71. The number of halogens is 2. The average Bonchev–Trinajstić information content (AvgIpc) is 2.65. The molecular weight excluding hydrogens is 297 g/mol. The van der Waals surface area contributed by atoms with Crippen molar-refractivity contribution in [3.05, 3.63) is 46.5 Å². The molecule has 0 radical (unpaired) electrons. The lowest BCUT2D eigenvalue weighted by molar-refractivity contribution is 0.626. The number of nitrogens with zero attached hydrogens (tertiary/aromatic N) is 2. The molecule has 0 spiro atoms. The fourth-order valence-corrected chi connectivity index (χ4v) is 3.07. The minimum Gasteiger partial charge on any atom is -0.327 e. The molecule has 0 aliphatic carbocycles. The van der Waals surface area contributed by atoms with Gasteiger partial charge in [-0.3, -0.25) is 4.68 Å². The van der Waals surface area contributed by atoms with Crippen LogP contribution in [0.3, 0.4) is 0 Å². The van der Waals surface area contributed by atoms with Crippen molar-refractivity contribution in [3.8, 4) is 0 Å². The zero-order chi connectivity index (χ0) is 14.7. The Kier molecular flexibility index (Phi) is 5.07. The SMILES string of the molecule is Cc1nn(C)c(Cl)c1CC(N)CSc1ccc(F)cc1. The van der Waals surface area contributed by atoms with Gasteiger partial charge in [0.05, 0.1) is 5.69 Å². The summed E-state index contributed by atoms with van der Waals surface area (Å²) in [5, 5.41) is 4.92. The van der Waals surface area contributed by atoms with Crippen molar-refractivity contribution in [2.24, 2.45) is 12.8 Å². The van der Waals surface area contributed by atoms with Gasteiger partial charge in [0.15, 0.2) is 0 Å². The smallest absolute Gasteiger partial charge is 0.130 e. The molecule has 1 aromatic heterocycles. The summed E-state index contributed by atoms with van der Waals surface area (Å²) >= 11 is 7.80. The Morgan fingerprint density at radius 1 is 1.40 bits per heavy atom. The normalized spacial score (nSPS) is 12.7. The number of hydrogen-bond donors (Lipinski definition) is 1. The van der Waals surface area contributed by atoms with E-state index in [9.17, 15) is 4.39 Å². The molecule has 0 fully saturated rings. The van der Waals surface area contributed by atoms with Crippen molar-refractivity contribution in [1.29, 1.82) is 0 Å². The predicted octanol–water partition coefficient (Wildman–Crippen LogP) is 3.18. The van der Waals surface area contributed by atoms with Crippen molar-refractivity contribution >= 4 is 23.4 Å². The van der Waals surface area contributed by atoms with E-state index in [2.05, 4.69) is 5.10 Å². The third kappa shape index (κ3) is 3.75. The van der Waals surface area contributed by atoms with Crippen LogP contribution in [-0.2, 0) is 13.5 Å². The maximum atomic E-state index is 12.8. The van der Waals surface area contributed by atoms with Crippen LogP contribution in [0, 0.1) is 12.7 Å². The monoisotopic (exact) mass is 313 g/mol. The van der Waals surface area contributed by atoms with Gasteiger partial charge in [-0.1, -0.05) is 11.6 Å². The van der Waals surface area contributed by atoms with Gasteiger partial charge >= 0.3 is 0 Å². The van der Waals surface area contributed by atoms with Gasteiger partial charge in [0.2, 0.25) is 0 Å². The number of hydrogen-bond acceptors (Lipinski definition) is 3. The van der Waals surface area contributed by atoms with Crippen molar-refractivity contribution in [3.63, 3.8) is 0 Å². The average molecular weight is 314 g/mol. The zero-order valence-electron chi connectivity index (χ0n) is 11.4. The first-order valence-electron chi connectivity index (χ1n) is 6.29. The molecule has 0 bridgehead atoms. The molecule has 1 heterocycles. The lowest BCUT2D eigenvalue weighted by Crippen LogP contribution is -2.25. The van der Waals surface area contributed by atoms with E-state index in [1.54, 1.807) is 28.6 Å². The zero-order valence-corrected chi connectivity index (χ0v) is 13.0. The molecular formula is C14H17ClFN3S. The number of aryl methyl sites for hydroxylation is 2. The Morgan fingerprint density at radius 3 is 2.60 bits per heavy atom. The Labute approximate surface area is 127 Å². The third-order valence-corrected chi connectivity index (χ3v) is 4.69. The molecule has 0 aliphatic rings. The summed E-state index contributed by atoms with van der Waals surface area (Å²) < 4.78 is 14.5. The summed E-state index contributed by atoms with van der Waals surface area (Å²) in [4.78, 5) is 1.01. The molecule has 2 N–H and O–H groups in total. The maximum Gasteiger partial charge on any atom is 0.130 e. The van der Waals surface area contributed by atoms with E-state index in [0.29, 0.717) is 11.6 Å². The summed E-state index contributed by atoms with van der Waals surface area (Å²) in [7, 11) is 1.82. The third-order valence-electron chi connectivity index (χ3n) is 3.01. The topological polar surface area (TPSA) is 43.8 Å². The van der Waals surface area contributed by atoms with Gasteiger partial charge in [-0.15, -0.1) is 11.8 Å². The standard InChI is InChI=1S/C14H17ClFN3S/c1-9-13(14(15)19(2)18-9)7-11(17)8-20-12-5-3-10(16)4-6-12/h3-6,11H,7-8,17H2,1-2H3. The molecule has 0 saturated heterocycles. The second kappa shape index (κ2) is 6.61. The Morgan fingerprint density at radius 2 is 2.05 bits per heavy atom. The van der Waals surface area contributed by atoms with Crippen LogP contribution in [-0.4, -0.2) is 21.6 Å². The first-order valence-corrected chi connectivity index (χ1v) is 7.65. The second-order valence-corrected chi connectivity index (χ2v) is 6.16. The molecule has 1 unspecified atom stereocenters. The van der Waals surface area contributed by atoms with Crippen LogP contribution in [0.4, 0.5) is 4.39 Å². The van der Waals surface area contributed by atoms with E-state index < -0.39 is 0 Å². The van der Waals surface area contributed by atoms with Gasteiger partial charge in [0.1, 0.15) is 11.0 Å². The van der Waals surface area contributed by atoms with Gasteiger partial charge in [-0.25, -0.2) is 4.39 Å². The fourth-order valence-electron chi connectivity index (χ4n) is 1.96. The molecule has 0 amide bonds. The van der Waals surface area contributed by atoms with E-state index in [1.165, 1.54) is 12.1 Å².